The van der Waals surface area contributed by atoms with E-state index in [1.54, 1.807) is 0 Å². The van der Waals surface area contributed by atoms with E-state index in [1.165, 1.54) is 0 Å². The molecule has 0 aromatic heterocycles. The molecule has 0 saturated carbocycles. The number of amides is 1. The van der Waals surface area contributed by atoms with Gasteiger partial charge in [-0.3, -0.25) is 4.79 Å². The van der Waals surface area contributed by atoms with Crippen molar-refractivity contribution in [2.75, 3.05) is 26.8 Å². The van der Waals surface area contributed by atoms with E-state index < -0.39 is 0 Å². The zero-order valence-electron chi connectivity index (χ0n) is 12.0. The molecular weight excluding hydrogens is 228 g/mol. The normalized spacial score (nSPS) is 18.9. The highest BCUT2D eigenvalue weighted by molar-refractivity contribution is 5.76. The van der Waals surface area contributed by atoms with Crippen LogP contribution in [0.2, 0.25) is 0 Å². The number of hydrogen-bond donors (Lipinski definition) is 1. The second kappa shape index (κ2) is 7.74. The Bertz CT molecular complexity index is 250. The van der Waals surface area contributed by atoms with E-state index in [4.69, 9.17) is 10.5 Å². The number of ether oxygens (including phenoxy) is 1. The number of hydrogen-bond acceptors (Lipinski definition) is 3. The molecule has 0 aliphatic carbocycles. The van der Waals surface area contributed by atoms with E-state index in [0.29, 0.717) is 18.3 Å². The number of carbonyl (C=O) groups is 1. The molecule has 0 spiro atoms. The monoisotopic (exact) mass is 256 g/mol. The molecule has 1 unspecified atom stereocenters. The molecule has 0 aromatic carbocycles. The summed E-state index contributed by atoms with van der Waals surface area (Å²) in [5.41, 5.74) is 5.99. The molecule has 1 amide bonds. The molecule has 4 nitrogen and oxygen atoms in total. The first-order chi connectivity index (χ1) is 8.50. The lowest BCUT2D eigenvalue weighted by Gasteiger charge is -2.25. The number of nitrogens with two attached hydrogens (primary N) is 1. The van der Waals surface area contributed by atoms with Crippen molar-refractivity contribution in [3.63, 3.8) is 0 Å². The van der Waals surface area contributed by atoms with Crippen molar-refractivity contribution < 1.29 is 9.53 Å². The van der Waals surface area contributed by atoms with Gasteiger partial charge in [-0.25, -0.2) is 0 Å². The van der Waals surface area contributed by atoms with E-state index in [9.17, 15) is 4.79 Å². The Morgan fingerprint density at radius 2 is 2.00 bits per heavy atom. The lowest BCUT2D eigenvalue weighted by molar-refractivity contribution is -0.131. The van der Waals surface area contributed by atoms with Crippen LogP contribution >= 0.6 is 0 Å². The summed E-state index contributed by atoms with van der Waals surface area (Å²) in [6, 6.07) is 0.184. The molecule has 18 heavy (non-hydrogen) atoms. The van der Waals surface area contributed by atoms with Crippen molar-refractivity contribution in [2.45, 2.75) is 45.6 Å². The Morgan fingerprint density at radius 3 is 2.56 bits per heavy atom. The van der Waals surface area contributed by atoms with Crippen molar-refractivity contribution in [1.82, 2.24) is 4.90 Å². The summed E-state index contributed by atoms with van der Waals surface area (Å²) in [5.74, 6) is 1.23. The van der Waals surface area contributed by atoms with Gasteiger partial charge in [-0.05, 0) is 31.1 Å². The van der Waals surface area contributed by atoms with E-state index in [-0.39, 0.29) is 11.9 Å². The van der Waals surface area contributed by atoms with Gasteiger partial charge >= 0.3 is 0 Å². The molecule has 0 bridgehead atoms. The molecule has 0 aromatic rings. The van der Waals surface area contributed by atoms with E-state index in [2.05, 4.69) is 13.8 Å². The van der Waals surface area contributed by atoms with Gasteiger partial charge in [0.2, 0.25) is 5.91 Å². The standard InChI is InChI=1S/C14H28N2O2/c1-11(2)13(15)4-7-16(3)14(17)10-12-5-8-18-9-6-12/h11-13H,4-10,15H2,1-3H3. The molecule has 2 N–H and O–H groups in total. The minimum absolute atomic E-state index is 0.184. The topological polar surface area (TPSA) is 55.6 Å². The maximum Gasteiger partial charge on any atom is 0.222 e. The fourth-order valence-electron chi connectivity index (χ4n) is 2.15. The van der Waals surface area contributed by atoms with Gasteiger partial charge in [0.1, 0.15) is 0 Å². The fraction of sp³-hybridized carbons (Fsp3) is 0.929. The lowest BCUT2D eigenvalue weighted by atomic mass is 9.96. The minimum Gasteiger partial charge on any atom is -0.381 e. The predicted molar refractivity (Wildman–Crippen MR) is 73.2 cm³/mol. The Labute approximate surface area is 111 Å². The number of nitrogens with zero attached hydrogens (tertiary/aromatic N) is 1. The van der Waals surface area contributed by atoms with Crippen LogP contribution in [0.1, 0.15) is 39.5 Å². The summed E-state index contributed by atoms with van der Waals surface area (Å²) in [4.78, 5) is 13.9. The first-order valence-electron chi connectivity index (χ1n) is 7.08. The van der Waals surface area contributed by atoms with Crippen LogP contribution < -0.4 is 5.73 Å². The summed E-state index contributed by atoms with van der Waals surface area (Å²) in [6.45, 7) is 6.62. The highest BCUT2D eigenvalue weighted by atomic mass is 16.5. The average Bonchev–Trinajstić information content (AvgIpc) is 2.36. The van der Waals surface area contributed by atoms with Crippen LogP contribution in [0.25, 0.3) is 0 Å². The molecule has 4 heteroatoms. The lowest BCUT2D eigenvalue weighted by Crippen LogP contribution is -2.35. The Kier molecular flexibility index (Phi) is 6.65. The first kappa shape index (κ1) is 15.4. The smallest absolute Gasteiger partial charge is 0.222 e. The van der Waals surface area contributed by atoms with Crippen LogP contribution in [0, 0.1) is 11.8 Å². The SMILES string of the molecule is CC(C)C(N)CCN(C)C(=O)CC1CCOCC1. The maximum absolute atomic E-state index is 12.0. The van der Waals surface area contributed by atoms with Crippen LogP contribution in [0.4, 0.5) is 0 Å². The van der Waals surface area contributed by atoms with E-state index >= 15 is 0 Å². The van der Waals surface area contributed by atoms with Gasteiger partial charge in [-0.15, -0.1) is 0 Å². The summed E-state index contributed by atoms with van der Waals surface area (Å²) in [6.07, 6.45) is 3.58. The Morgan fingerprint density at radius 1 is 1.39 bits per heavy atom. The highest BCUT2D eigenvalue weighted by Crippen LogP contribution is 2.19. The van der Waals surface area contributed by atoms with Gasteiger partial charge in [-0.1, -0.05) is 13.8 Å². The summed E-state index contributed by atoms with van der Waals surface area (Å²) < 4.78 is 5.31. The summed E-state index contributed by atoms with van der Waals surface area (Å²) in [7, 11) is 1.88. The molecule has 1 rings (SSSR count). The largest absolute Gasteiger partial charge is 0.381 e. The molecular formula is C14H28N2O2. The second-order valence-electron chi connectivity index (χ2n) is 5.77. The van der Waals surface area contributed by atoms with Crippen LogP contribution in [-0.2, 0) is 9.53 Å². The summed E-state index contributed by atoms with van der Waals surface area (Å²) >= 11 is 0. The number of rotatable bonds is 6. The van der Waals surface area contributed by atoms with Gasteiger partial charge < -0.3 is 15.4 Å². The number of carbonyl (C=O) groups excluding carboxylic acids is 1. The highest BCUT2D eigenvalue weighted by Gasteiger charge is 2.20. The molecule has 1 atom stereocenters. The molecule has 1 fully saturated rings. The first-order valence-corrected chi connectivity index (χ1v) is 7.08. The average molecular weight is 256 g/mol. The van der Waals surface area contributed by atoms with Gasteiger partial charge in [0.15, 0.2) is 0 Å². The second-order valence-corrected chi connectivity index (χ2v) is 5.77. The molecule has 106 valence electrons. The minimum atomic E-state index is 0.184. The van der Waals surface area contributed by atoms with Crippen molar-refractivity contribution in [1.29, 1.82) is 0 Å². The van der Waals surface area contributed by atoms with Gasteiger partial charge in [-0.2, -0.15) is 0 Å². The predicted octanol–water partition coefficient (Wildman–Crippen LogP) is 1.63. The van der Waals surface area contributed by atoms with Crippen molar-refractivity contribution in [2.24, 2.45) is 17.6 Å². The summed E-state index contributed by atoms with van der Waals surface area (Å²) in [5, 5.41) is 0. The van der Waals surface area contributed by atoms with E-state index in [1.807, 2.05) is 11.9 Å². The van der Waals surface area contributed by atoms with Crippen molar-refractivity contribution in [3.8, 4) is 0 Å². The molecule has 0 radical (unpaired) electrons. The Hall–Kier alpha value is -0.610. The third-order valence-corrected chi connectivity index (χ3v) is 3.88. The third-order valence-electron chi connectivity index (χ3n) is 3.88. The Balaban J connectivity index is 2.23. The van der Waals surface area contributed by atoms with E-state index in [0.717, 1.165) is 39.0 Å². The van der Waals surface area contributed by atoms with Gasteiger partial charge in [0.25, 0.3) is 0 Å². The molecule has 1 aliphatic heterocycles. The third kappa shape index (κ3) is 5.36. The van der Waals surface area contributed by atoms with Gasteiger partial charge in [0, 0.05) is 39.3 Å². The zero-order valence-corrected chi connectivity index (χ0v) is 12.0. The van der Waals surface area contributed by atoms with Crippen molar-refractivity contribution in [3.05, 3.63) is 0 Å². The molecule has 1 heterocycles. The van der Waals surface area contributed by atoms with Crippen LogP contribution in [0.3, 0.4) is 0 Å². The van der Waals surface area contributed by atoms with Gasteiger partial charge in [0.05, 0.1) is 0 Å². The van der Waals surface area contributed by atoms with Crippen LogP contribution in [0.15, 0.2) is 0 Å². The quantitative estimate of drug-likeness (QED) is 0.786. The van der Waals surface area contributed by atoms with Crippen LogP contribution in [0.5, 0.6) is 0 Å². The van der Waals surface area contributed by atoms with Crippen molar-refractivity contribution >= 4 is 5.91 Å². The fourth-order valence-corrected chi connectivity index (χ4v) is 2.15. The molecule has 1 saturated heterocycles. The molecule has 1 aliphatic rings. The zero-order chi connectivity index (χ0) is 13.5. The maximum atomic E-state index is 12.0. The van der Waals surface area contributed by atoms with Crippen LogP contribution in [-0.4, -0.2) is 43.7 Å².